The molecule has 1 saturated heterocycles. The van der Waals surface area contributed by atoms with Gasteiger partial charge in [0.1, 0.15) is 35.2 Å². The molecule has 1 aliphatic rings. The number of nitrogens with zero attached hydrogens (tertiary/aromatic N) is 2. The van der Waals surface area contributed by atoms with Crippen molar-refractivity contribution >= 4 is 23.7 Å². The minimum absolute atomic E-state index is 0.0560. The highest BCUT2D eigenvalue weighted by molar-refractivity contribution is 6.04. The summed E-state index contributed by atoms with van der Waals surface area (Å²) >= 11 is 0. The highest BCUT2D eigenvalue weighted by atomic mass is 19.4. The molecule has 12 nitrogen and oxygen atoms in total. The van der Waals surface area contributed by atoms with E-state index in [0.29, 0.717) is 11.5 Å². The van der Waals surface area contributed by atoms with E-state index < -0.39 is 54.3 Å². The van der Waals surface area contributed by atoms with Crippen LogP contribution >= 0.6 is 0 Å². The smallest absolute Gasteiger partial charge is 0.471 e. The molecule has 0 spiro atoms. The molecule has 3 N–H and O–H groups in total. The van der Waals surface area contributed by atoms with E-state index in [1.165, 1.54) is 18.3 Å². The van der Waals surface area contributed by atoms with E-state index in [1.54, 1.807) is 49.9 Å². The van der Waals surface area contributed by atoms with E-state index >= 15 is 0 Å². The summed E-state index contributed by atoms with van der Waals surface area (Å²) in [7, 11) is 3.14. The largest absolute Gasteiger partial charge is 0.497 e. The lowest BCUT2D eigenvalue weighted by Crippen LogP contribution is -2.38. The monoisotopic (exact) mass is 784 g/mol. The van der Waals surface area contributed by atoms with Gasteiger partial charge in [-0.1, -0.05) is 84.9 Å². The third-order valence-corrected chi connectivity index (χ3v) is 9.34. The SMILES string of the molecule is COc1ccc(C(OC[C@H]2O[C@@H](n3cc(C=CCNC(=O)C(F)(F)F)c(NC(=O)c4ccccc4)nc3=O)C[C@@H]2O)(c2ccccc2)c2ccc(OC)cc2)cc1. The fourth-order valence-corrected chi connectivity index (χ4v) is 6.44. The fourth-order valence-electron chi connectivity index (χ4n) is 6.44. The van der Waals surface area contributed by atoms with Crippen molar-refractivity contribution in [2.24, 2.45) is 0 Å². The number of carbonyl (C=O) groups excluding carboxylic acids is 2. The zero-order chi connectivity index (χ0) is 40.6. The number of halogens is 3. The summed E-state index contributed by atoms with van der Waals surface area (Å²) in [5, 5.41) is 15.6. The molecule has 296 valence electrons. The van der Waals surface area contributed by atoms with Crippen LogP contribution in [0.5, 0.6) is 11.5 Å². The maximum Gasteiger partial charge on any atom is 0.471 e. The van der Waals surface area contributed by atoms with Crippen LogP contribution in [-0.4, -0.2) is 72.2 Å². The van der Waals surface area contributed by atoms with Crippen molar-refractivity contribution in [3.8, 4) is 11.5 Å². The molecule has 0 unspecified atom stereocenters. The second-order valence-corrected chi connectivity index (χ2v) is 12.9. The van der Waals surface area contributed by atoms with E-state index in [9.17, 15) is 32.7 Å². The van der Waals surface area contributed by atoms with Gasteiger partial charge in [0.05, 0.1) is 26.9 Å². The van der Waals surface area contributed by atoms with Crippen LogP contribution in [0, 0.1) is 0 Å². The highest BCUT2D eigenvalue weighted by Gasteiger charge is 2.42. The molecular formula is C42H39F3N4O8. The van der Waals surface area contributed by atoms with Crippen molar-refractivity contribution in [1.29, 1.82) is 0 Å². The molecule has 6 rings (SSSR count). The average Bonchev–Trinajstić information content (AvgIpc) is 3.60. The van der Waals surface area contributed by atoms with Crippen molar-refractivity contribution in [3.63, 3.8) is 0 Å². The molecule has 57 heavy (non-hydrogen) atoms. The number of aromatic nitrogens is 2. The molecule has 0 saturated carbocycles. The van der Waals surface area contributed by atoms with Crippen molar-refractivity contribution < 1.29 is 46.8 Å². The summed E-state index contributed by atoms with van der Waals surface area (Å²) < 4.78 is 63.4. The van der Waals surface area contributed by atoms with Gasteiger partial charge in [-0.3, -0.25) is 14.2 Å². The van der Waals surface area contributed by atoms with Crippen molar-refractivity contribution in [2.75, 3.05) is 32.7 Å². The molecular weight excluding hydrogens is 745 g/mol. The summed E-state index contributed by atoms with van der Waals surface area (Å²) in [6.07, 6.45) is -4.45. The highest BCUT2D eigenvalue weighted by Crippen LogP contribution is 2.43. The first-order valence-electron chi connectivity index (χ1n) is 17.8. The Bertz CT molecular complexity index is 2190. The zero-order valence-corrected chi connectivity index (χ0v) is 30.8. The molecule has 0 bridgehead atoms. The number of nitrogens with one attached hydrogen (secondary N) is 2. The summed E-state index contributed by atoms with van der Waals surface area (Å²) in [4.78, 5) is 41.9. The van der Waals surface area contributed by atoms with Gasteiger partial charge in [0.15, 0.2) is 0 Å². The topological polar surface area (TPSA) is 150 Å². The number of amides is 2. The lowest BCUT2D eigenvalue weighted by molar-refractivity contribution is -0.173. The van der Waals surface area contributed by atoms with Gasteiger partial charge < -0.3 is 34.7 Å². The number of hydrogen-bond acceptors (Lipinski definition) is 9. The third-order valence-electron chi connectivity index (χ3n) is 9.34. The molecule has 15 heteroatoms. The summed E-state index contributed by atoms with van der Waals surface area (Å²) in [5.74, 6) is -1.64. The van der Waals surface area contributed by atoms with Crippen LogP contribution in [0.2, 0.25) is 0 Å². The quantitative estimate of drug-likeness (QED) is 0.118. The Hall–Kier alpha value is -6.29. The third kappa shape index (κ3) is 9.23. The Balaban J connectivity index is 1.30. The van der Waals surface area contributed by atoms with E-state index in [4.69, 9.17) is 18.9 Å². The number of anilines is 1. The maximum absolute atomic E-state index is 13.5. The Labute approximate surface area is 325 Å². The Kier molecular flexibility index (Phi) is 12.5. The van der Waals surface area contributed by atoms with E-state index in [-0.39, 0.29) is 30.0 Å². The van der Waals surface area contributed by atoms with Crippen LogP contribution in [0.3, 0.4) is 0 Å². The fraction of sp³-hybridized carbons (Fsp3) is 0.238. The van der Waals surface area contributed by atoms with Gasteiger partial charge in [0, 0.05) is 30.3 Å². The number of benzene rings is 4. The lowest BCUT2D eigenvalue weighted by Gasteiger charge is -2.37. The van der Waals surface area contributed by atoms with E-state index in [0.717, 1.165) is 21.3 Å². The molecule has 5 aromatic rings. The molecule has 1 aromatic heterocycles. The summed E-state index contributed by atoms with van der Waals surface area (Å²) in [6.45, 7) is -0.670. The number of aliphatic hydroxyl groups is 1. The van der Waals surface area contributed by atoms with Crippen LogP contribution in [0.25, 0.3) is 6.08 Å². The molecule has 0 radical (unpaired) electrons. The summed E-state index contributed by atoms with van der Waals surface area (Å²) in [6, 6.07) is 32.4. The minimum atomic E-state index is -5.08. The Morgan fingerprint density at radius 1 is 0.877 bits per heavy atom. The van der Waals surface area contributed by atoms with Crippen LogP contribution in [0.15, 0.2) is 126 Å². The maximum atomic E-state index is 13.5. The zero-order valence-electron chi connectivity index (χ0n) is 30.8. The Morgan fingerprint density at radius 3 is 2.00 bits per heavy atom. The van der Waals surface area contributed by atoms with Crippen molar-refractivity contribution in [3.05, 3.63) is 160 Å². The number of carbonyl (C=O) groups is 2. The second-order valence-electron chi connectivity index (χ2n) is 12.9. The molecule has 4 aromatic carbocycles. The van der Waals surface area contributed by atoms with Gasteiger partial charge in [-0.25, -0.2) is 4.79 Å². The van der Waals surface area contributed by atoms with Gasteiger partial charge in [-0.05, 0) is 53.1 Å². The predicted molar refractivity (Wildman–Crippen MR) is 204 cm³/mol. The van der Waals surface area contributed by atoms with Gasteiger partial charge in [-0.2, -0.15) is 18.2 Å². The number of methoxy groups -OCH3 is 2. The first-order valence-corrected chi connectivity index (χ1v) is 17.8. The van der Waals surface area contributed by atoms with Gasteiger partial charge >= 0.3 is 17.8 Å². The average molecular weight is 785 g/mol. The van der Waals surface area contributed by atoms with E-state index in [1.807, 2.05) is 78.9 Å². The van der Waals surface area contributed by atoms with E-state index in [2.05, 4.69) is 10.3 Å². The first-order chi connectivity index (χ1) is 27.4. The number of ether oxygens (including phenoxy) is 4. The van der Waals surface area contributed by atoms with Crippen LogP contribution < -0.4 is 25.8 Å². The van der Waals surface area contributed by atoms with Crippen molar-refractivity contribution in [1.82, 2.24) is 14.9 Å². The Morgan fingerprint density at radius 2 is 1.44 bits per heavy atom. The predicted octanol–water partition coefficient (Wildman–Crippen LogP) is 5.86. The minimum Gasteiger partial charge on any atom is -0.497 e. The number of rotatable bonds is 14. The standard InChI is InChI=1S/C42H39F3N4O8/c1-54-32-19-15-30(16-20-32)41(29-13-7-4-8-14-29,31-17-21-33(55-2)22-18-31)56-26-35-34(50)24-36(57-35)49-25-28(12-9-23-46-39(52)42(43,44)45)37(48-40(49)53)47-38(51)27-10-5-3-6-11-27/h3-22,25,34-36,50H,23-24,26H2,1-2H3,(H,46,52)(H,47,48,51,53)/t34-,35+,36+/m0/s1. The van der Waals surface area contributed by atoms with Gasteiger partial charge in [0.2, 0.25) is 0 Å². The molecule has 0 aliphatic carbocycles. The van der Waals surface area contributed by atoms with Gasteiger partial charge in [-0.15, -0.1) is 0 Å². The normalized spacial score (nSPS) is 17.0. The van der Waals surface area contributed by atoms with Gasteiger partial charge in [0.25, 0.3) is 5.91 Å². The molecule has 1 aliphatic heterocycles. The molecule has 1 fully saturated rings. The van der Waals surface area contributed by atoms with Crippen LogP contribution in [0.1, 0.15) is 45.3 Å². The van der Waals surface area contributed by atoms with Crippen molar-refractivity contribution in [2.45, 2.75) is 36.6 Å². The lowest BCUT2D eigenvalue weighted by atomic mass is 9.80. The number of hydrogen-bond donors (Lipinski definition) is 3. The first kappa shape index (κ1) is 40.4. The second kappa shape index (κ2) is 17.7. The molecule has 2 heterocycles. The number of alkyl halides is 3. The molecule has 3 atom stereocenters. The van der Waals surface area contributed by atoms with Crippen LogP contribution in [-0.2, 0) is 19.9 Å². The molecule has 2 amide bonds. The van der Waals surface area contributed by atoms with Crippen LogP contribution in [0.4, 0.5) is 19.0 Å². The summed E-state index contributed by atoms with van der Waals surface area (Å²) in [5.41, 5.74) is 0.588. The number of aliphatic hydroxyl groups excluding tert-OH is 1.